The van der Waals surface area contributed by atoms with Gasteiger partial charge in [0.2, 0.25) is 0 Å². The molecule has 0 aliphatic heterocycles. The molecule has 1 heterocycles. The summed E-state index contributed by atoms with van der Waals surface area (Å²) in [6, 6.07) is 4.25. The Bertz CT molecular complexity index is 1330. The highest BCUT2D eigenvalue weighted by Crippen LogP contribution is 2.70. The zero-order chi connectivity index (χ0) is 25.3. The van der Waals surface area contributed by atoms with E-state index in [9.17, 15) is 19.7 Å². The number of carbonyl (C=O) groups excluding carboxylic acids is 2. The van der Waals surface area contributed by atoms with Crippen molar-refractivity contribution in [3.63, 3.8) is 0 Å². The molecule has 1 aromatic carbocycles. The van der Waals surface area contributed by atoms with Crippen LogP contribution in [0, 0.1) is 43.6 Å². The standard InChI is InChI=1S/C27H33N3O4S/c1-24(2)15-9-11-26(24,5)21(19(15)31)29-18-13-14(30(33)34)7-8-17(18)28-23(29)35-22-20(32)16-10-12-27(22,6)25(16,3)4/h7-8,13,15-16,21-22H,9-12H2,1-6H3/t15-,16+,21-,22+,26-,27+/m1/s1. The molecule has 6 rings (SSSR count). The van der Waals surface area contributed by atoms with Gasteiger partial charge in [-0.05, 0) is 48.0 Å². The Kier molecular flexibility index (Phi) is 4.47. The van der Waals surface area contributed by atoms with Crippen molar-refractivity contribution < 1.29 is 14.5 Å². The molecule has 0 N–H and O–H groups in total. The van der Waals surface area contributed by atoms with Crippen LogP contribution in [-0.2, 0) is 9.59 Å². The number of fused-ring (bicyclic) bond motifs is 5. The van der Waals surface area contributed by atoms with E-state index >= 15 is 0 Å². The number of nitrogens with zero attached hydrogens (tertiary/aromatic N) is 3. The molecular weight excluding hydrogens is 462 g/mol. The van der Waals surface area contributed by atoms with Crippen molar-refractivity contribution in [2.24, 2.45) is 33.5 Å². The van der Waals surface area contributed by atoms with Crippen molar-refractivity contribution in [3.8, 4) is 0 Å². The summed E-state index contributed by atoms with van der Waals surface area (Å²) in [4.78, 5) is 43.5. The van der Waals surface area contributed by atoms with Gasteiger partial charge in [-0.2, -0.15) is 0 Å². The highest BCUT2D eigenvalue weighted by atomic mass is 32.2. The van der Waals surface area contributed by atoms with E-state index in [4.69, 9.17) is 4.98 Å². The van der Waals surface area contributed by atoms with Crippen LogP contribution in [0.2, 0.25) is 0 Å². The van der Waals surface area contributed by atoms with Crippen LogP contribution in [0.1, 0.15) is 73.3 Å². The van der Waals surface area contributed by atoms with Gasteiger partial charge in [-0.25, -0.2) is 4.98 Å². The Labute approximate surface area is 209 Å². The fraction of sp³-hybridized carbons (Fsp3) is 0.667. The molecule has 2 aromatic rings. The van der Waals surface area contributed by atoms with Gasteiger partial charge in [-0.3, -0.25) is 19.7 Å². The minimum absolute atomic E-state index is 0.0145. The Hall–Kier alpha value is -2.22. The zero-order valence-corrected chi connectivity index (χ0v) is 22.1. The van der Waals surface area contributed by atoms with Gasteiger partial charge in [0.15, 0.2) is 10.9 Å². The molecular formula is C27H33N3O4S. The molecule has 0 spiro atoms. The first-order valence-corrected chi connectivity index (χ1v) is 13.5. The maximum Gasteiger partial charge on any atom is 0.271 e. The third-order valence-corrected chi connectivity index (χ3v) is 12.8. The largest absolute Gasteiger partial charge is 0.307 e. The fourth-order valence-electron chi connectivity index (χ4n) is 8.22. The summed E-state index contributed by atoms with van der Waals surface area (Å²) in [5.41, 5.74) is 0.525. The van der Waals surface area contributed by atoms with Crippen LogP contribution in [0.15, 0.2) is 23.4 Å². The first kappa shape index (κ1) is 23.2. The Morgan fingerprint density at radius 3 is 2.11 bits per heavy atom. The summed E-state index contributed by atoms with van der Waals surface area (Å²) < 4.78 is 1.98. The summed E-state index contributed by atoms with van der Waals surface area (Å²) in [7, 11) is 0. The second-order valence-electron chi connectivity index (χ2n) is 12.9. The average Bonchev–Trinajstić information content (AvgIpc) is 3.40. The number of hydrogen-bond acceptors (Lipinski definition) is 6. The van der Waals surface area contributed by atoms with Crippen LogP contribution in [-0.4, -0.2) is 31.3 Å². The zero-order valence-electron chi connectivity index (χ0n) is 21.3. The number of Topliss-reactive ketones (excluding diaryl/α,β-unsaturated/α-hetero) is 2. The van der Waals surface area contributed by atoms with Gasteiger partial charge in [0, 0.05) is 29.4 Å². The summed E-state index contributed by atoms with van der Waals surface area (Å²) in [6.07, 6.45) is 3.73. The average molecular weight is 496 g/mol. The van der Waals surface area contributed by atoms with Crippen LogP contribution in [0.25, 0.3) is 11.0 Å². The molecule has 4 aliphatic rings. The monoisotopic (exact) mass is 495 g/mol. The van der Waals surface area contributed by atoms with E-state index < -0.39 is 11.0 Å². The Balaban J connectivity index is 1.54. The second kappa shape index (κ2) is 6.75. The molecule has 186 valence electrons. The third kappa shape index (κ3) is 2.57. The smallest absolute Gasteiger partial charge is 0.271 e. The number of nitro groups is 1. The van der Waals surface area contributed by atoms with Gasteiger partial charge in [-0.15, -0.1) is 0 Å². The predicted octanol–water partition coefficient (Wildman–Crippen LogP) is 6.00. The highest BCUT2D eigenvalue weighted by molar-refractivity contribution is 8.00. The molecule has 4 bridgehead atoms. The van der Waals surface area contributed by atoms with Crippen LogP contribution in [0.3, 0.4) is 0 Å². The van der Waals surface area contributed by atoms with Gasteiger partial charge in [0.25, 0.3) is 5.69 Å². The maximum absolute atomic E-state index is 13.8. The number of benzene rings is 1. The van der Waals surface area contributed by atoms with Crippen molar-refractivity contribution >= 4 is 40.0 Å². The number of rotatable bonds is 4. The molecule has 0 amide bonds. The molecule has 4 aliphatic carbocycles. The van der Waals surface area contributed by atoms with E-state index in [0.717, 1.165) is 25.7 Å². The number of thioether (sulfide) groups is 1. The minimum atomic E-state index is -0.444. The molecule has 8 heteroatoms. The van der Waals surface area contributed by atoms with Crippen molar-refractivity contribution in [2.45, 2.75) is 83.7 Å². The van der Waals surface area contributed by atoms with E-state index in [1.54, 1.807) is 12.1 Å². The molecule has 0 unspecified atom stereocenters. The molecule has 4 saturated carbocycles. The SMILES string of the molecule is CC1(C)[C@H]2CC[C@@]1(C)[C@@H](Sc1nc3ccc([N+](=O)[O-])cc3n1[C@@H]1C(=O)[C@H]3CC[C@@]1(C)C3(C)C)C2=O. The molecule has 0 radical (unpaired) electrons. The van der Waals surface area contributed by atoms with Gasteiger partial charge < -0.3 is 4.57 Å². The number of aromatic nitrogens is 2. The lowest BCUT2D eigenvalue weighted by molar-refractivity contribution is -0.384. The lowest BCUT2D eigenvalue weighted by Gasteiger charge is -2.40. The van der Waals surface area contributed by atoms with E-state index in [0.29, 0.717) is 16.2 Å². The van der Waals surface area contributed by atoms with Gasteiger partial charge in [-0.1, -0.05) is 53.3 Å². The fourth-order valence-corrected chi connectivity index (χ4v) is 9.86. The molecule has 1 aromatic heterocycles. The summed E-state index contributed by atoms with van der Waals surface area (Å²) in [5, 5.41) is 12.0. The van der Waals surface area contributed by atoms with E-state index in [1.807, 2.05) is 4.57 Å². The first-order valence-electron chi connectivity index (χ1n) is 12.7. The van der Waals surface area contributed by atoms with Gasteiger partial charge in [0.1, 0.15) is 11.8 Å². The van der Waals surface area contributed by atoms with E-state index in [2.05, 4.69) is 41.5 Å². The topological polar surface area (TPSA) is 95.1 Å². The molecule has 4 fully saturated rings. The lowest BCUT2D eigenvalue weighted by atomic mass is 9.69. The summed E-state index contributed by atoms with van der Waals surface area (Å²) in [6.45, 7) is 13.2. The Morgan fingerprint density at radius 2 is 1.57 bits per heavy atom. The Morgan fingerprint density at radius 1 is 0.971 bits per heavy atom. The van der Waals surface area contributed by atoms with Crippen molar-refractivity contribution in [2.75, 3.05) is 0 Å². The van der Waals surface area contributed by atoms with E-state index in [-0.39, 0.29) is 56.0 Å². The third-order valence-electron chi connectivity index (χ3n) is 11.3. The number of imidazole rings is 1. The summed E-state index contributed by atoms with van der Waals surface area (Å²) in [5.74, 6) is 0.489. The minimum Gasteiger partial charge on any atom is -0.307 e. The van der Waals surface area contributed by atoms with Crippen LogP contribution < -0.4 is 0 Å². The second-order valence-corrected chi connectivity index (χ2v) is 13.9. The van der Waals surface area contributed by atoms with Crippen molar-refractivity contribution in [3.05, 3.63) is 28.3 Å². The van der Waals surface area contributed by atoms with Crippen molar-refractivity contribution in [1.82, 2.24) is 9.55 Å². The molecule has 35 heavy (non-hydrogen) atoms. The number of non-ortho nitro benzene ring substituents is 1. The highest BCUT2D eigenvalue weighted by Gasteiger charge is 2.69. The van der Waals surface area contributed by atoms with Crippen LogP contribution in [0.4, 0.5) is 5.69 Å². The lowest BCUT2D eigenvalue weighted by Crippen LogP contribution is -2.37. The summed E-state index contributed by atoms with van der Waals surface area (Å²) >= 11 is 1.49. The maximum atomic E-state index is 13.8. The number of hydrogen-bond donors (Lipinski definition) is 0. The van der Waals surface area contributed by atoms with Gasteiger partial charge in [0.05, 0.1) is 21.2 Å². The van der Waals surface area contributed by atoms with Gasteiger partial charge >= 0.3 is 0 Å². The number of nitro benzene ring substituents is 1. The van der Waals surface area contributed by atoms with Crippen molar-refractivity contribution in [1.29, 1.82) is 0 Å². The normalized spacial score (nSPS) is 38.7. The number of ketones is 2. The molecule has 0 saturated heterocycles. The molecule has 6 atom stereocenters. The van der Waals surface area contributed by atoms with Crippen LogP contribution in [0.5, 0.6) is 0 Å². The predicted molar refractivity (Wildman–Crippen MR) is 134 cm³/mol. The molecule has 7 nitrogen and oxygen atoms in total. The van der Waals surface area contributed by atoms with E-state index in [1.165, 1.54) is 17.8 Å². The van der Waals surface area contributed by atoms with Crippen LogP contribution >= 0.6 is 11.8 Å². The quantitative estimate of drug-likeness (QED) is 0.381. The first-order chi connectivity index (χ1) is 16.3. The number of carbonyl (C=O) groups is 2.